The number of rotatable bonds is 12. The minimum atomic E-state index is -0.372. The zero-order valence-corrected chi connectivity index (χ0v) is 17.7. The standard InChI is InChI=1S/C25H38N2/c1-5-7-15-21(3)26-25(23-17-11-9-12-18-23,24-19-13-10-14-20-24)27-22(4)16-8-6-2/h9-14,17-22,26-27H,5-8,15-16H2,1-4H3. The summed E-state index contributed by atoms with van der Waals surface area (Å²) in [4.78, 5) is 0. The van der Waals surface area contributed by atoms with Crippen LogP contribution in [-0.2, 0) is 5.66 Å². The van der Waals surface area contributed by atoms with Gasteiger partial charge < -0.3 is 0 Å². The Bertz CT molecular complexity index is 566. The minimum absolute atomic E-state index is 0.372. The largest absolute Gasteiger partial charge is 0.289 e. The first-order valence-corrected chi connectivity index (χ1v) is 10.8. The summed E-state index contributed by atoms with van der Waals surface area (Å²) in [5.74, 6) is 0. The SMILES string of the molecule is CCCCC(C)NC(NC(C)CCCC)(c1ccccc1)c1ccccc1. The third-order valence-electron chi connectivity index (χ3n) is 5.32. The average molecular weight is 367 g/mol. The molecule has 2 aromatic rings. The van der Waals surface area contributed by atoms with E-state index in [1.165, 1.54) is 49.7 Å². The van der Waals surface area contributed by atoms with Gasteiger partial charge in [-0.25, -0.2) is 0 Å². The predicted octanol–water partition coefficient (Wildman–Crippen LogP) is 6.22. The molecule has 0 radical (unpaired) electrons. The molecule has 148 valence electrons. The van der Waals surface area contributed by atoms with Crippen molar-refractivity contribution < 1.29 is 0 Å². The van der Waals surface area contributed by atoms with Crippen LogP contribution in [0.15, 0.2) is 60.7 Å². The molecule has 2 heteroatoms. The summed E-state index contributed by atoms with van der Waals surface area (Å²) in [7, 11) is 0. The number of unbranched alkanes of at least 4 members (excludes halogenated alkanes) is 2. The van der Waals surface area contributed by atoms with E-state index in [1.54, 1.807) is 0 Å². The molecule has 0 saturated heterocycles. The van der Waals surface area contributed by atoms with Crippen molar-refractivity contribution >= 4 is 0 Å². The lowest BCUT2D eigenvalue weighted by atomic mass is 9.88. The molecule has 0 heterocycles. The first-order chi connectivity index (χ1) is 13.1. The van der Waals surface area contributed by atoms with Crippen LogP contribution in [0.5, 0.6) is 0 Å². The van der Waals surface area contributed by atoms with Crippen LogP contribution in [0.4, 0.5) is 0 Å². The van der Waals surface area contributed by atoms with Gasteiger partial charge in [-0.05, 0) is 37.8 Å². The van der Waals surface area contributed by atoms with Gasteiger partial charge in [0.2, 0.25) is 0 Å². The first-order valence-electron chi connectivity index (χ1n) is 10.8. The zero-order valence-electron chi connectivity index (χ0n) is 17.7. The van der Waals surface area contributed by atoms with Crippen LogP contribution < -0.4 is 10.6 Å². The maximum absolute atomic E-state index is 3.99. The fraction of sp³-hybridized carbons (Fsp3) is 0.520. The van der Waals surface area contributed by atoms with Gasteiger partial charge in [0, 0.05) is 12.1 Å². The molecule has 0 amide bonds. The van der Waals surface area contributed by atoms with Crippen LogP contribution in [0.2, 0.25) is 0 Å². The topological polar surface area (TPSA) is 24.1 Å². The van der Waals surface area contributed by atoms with E-state index < -0.39 is 0 Å². The average Bonchev–Trinajstić information content (AvgIpc) is 2.71. The molecule has 0 aliphatic heterocycles. The lowest BCUT2D eigenvalue weighted by Gasteiger charge is -2.42. The highest BCUT2D eigenvalue weighted by molar-refractivity contribution is 5.38. The quantitative estimate of drug-likeness (QED) is 0.435. The van der Waals surface area contributed by atoms with Crippen LogP contribution in [0, 0.1) is 0 Å². The van der Waals surface area contributed by atoms with Gasteiger partial charge in [-0.15, -0.1) is 0 Å². The maximum atomic E-state index is 3.99. The van der Waals surface area contributed by atoms with Crippen molar-refractivity contribution in [1.29, 1.82) is 0 Å². The van der Waals surface area contributed by atoms with Crippen molar-refractivity contribution in [2.75, 3.05) is 0 Å². The Kier molecular flexibility index (Phi) is 9.03. The summed E-state index contributed by atoms with van der Waals surface area (Å²) in [5, 5.41) is 7.99. The summed E-state index contributed by atoms with van der Waals surface area (Å²) in [6.45, 7) is 9.15. The summed E-state index contributed by atoms with van der Waals surface area (Å²) in [5.41, 5.74) is 2.19. The van der Waals surface area contributed by atoms with Crippen molar-refractivity contribution in [3.63, 3.8) is 0 Å². The Balaban J connectivity index is 2.44. The van der Waals surface area contributed by atoms with E-state index in [2.05, 4.69) is 99.0 Å². The smallest absolute Gasteiger partial charge is 0.122 e. The zero-order chi connectivity index (χ0) is 19.5. The van der Waals surface area contributed by atoms with Crippen molar-refractivity contribution in [2.45, 2.75) is 84.0 Å². The molecule has 0 aromatic heterocycles. The molecule has 2 aromatic carbocycles. The Morgan fingerprint density at radius 1 is 0.667 bits per heavy atom. The molecule has 2 atom stereocenters. The van der Waals surface area contributed by atoms with E-state index in [9.17, 15) is 0 Å². The number of benzene rings is 2. The number of nitrogens with one attached hydrogen (secondary N) is 2. The van der Waals surface area contributed by atoms with Gasteiger partial charge in [0.05, 0.1) is 0 Å². The predicted molar refractivity (Wildman–Crippen MR) is 118 cm³/mol. The number of hydrogen-bond acceptors (Lipinski definition) is 2. The summed E-state index contributed by atoms with van der Waals surface area (Å²) < 4.78 is 0. The van der Waals surface area contributed by atoms with Crippen molar-refractivity contribution in [2.24, 2.45) is 0 Å². The fourth-order valence-corrected chi connectivity index (χ4v) is 3.82. The van der Waals surface area contributed by atoms with Gasteiger partial charge in [0.1, 0.15) is 5.66 Å². The second-order valence-electron chi connectivity index (χ2n) is 7.86. The van der Waals surface area contributed by atoms with Crippen molar-refractivity contribution in [3.8, 4) is 0 Å². The van der Waals surface area contributed by atoms with Crippen LogP contribution in [0.1, 0.15) is 77.3 Å². The third kappa shape index (κ3) is 6.19. The molecule has 0 saturated carbocycles. The van der Waals surface area contributed by atoms with Gasteiger partial charge in [0.15, 0.2) is 0 Å². The van der Waals surface area contributed by atoms with E-state index in [0.717, 1.165) is 0 Å². The van der Waals surface area contributed by atoms with Crippen LogP contribution >= 0.6 is 0 Å². The second kappa shape index (κ2) is 11.3. The van der Waals surface area contributed by atoms with Gasteiger partial charge in [-0.2, -0.15) is 0 Å². The monoisotopic (exact) mass is 366 g/mol. The molecule has 2 nitrogen and oxygen atoms in total. The van der Waals surface area contributed by atoms with E-state index in [0.29, 0.717) is 12.1 Å². The van der Waals surface area contributed by atoms with Gasteiger partial charge >= 0.3 is 0 Å². The number of hydrogen-bond donors (Lipinski definition) is 2. The molecular formula is C25H38N2. The van der Waals surface area contributed by atoms with Crippen LogP contribution in [0.25, 0.3) is 0 Å². The van der Waals surface area contributed by atoms with Crippen LogP contribution in [-0.4, -0.2) is 12.1 Å². The van der Waals surface area contributed by atoms with E-state index in [4.69, 9.17) is 0 Å². The Morgan fingerprint density at radius 3 is 1.37 bits per heavy atom. The molecule has 0 spiro atoms. The Labute approximate surface area is 166 Å². The van der Waals surface area contributed by atoms with E-state index >= 15 is 0 Å². The van der Waals surface area contributed by atoms with Crippen molar-refractivity contribution in [3.05, 3.63) is 71.8 Å². The van der Waals surface area contributed by atoms with E-state index in [1.807, 2.05) is 0 Å². The maximum Gasteiger partial charge on any atom is 0.122 e. The fourth-order valence-electron chi connectivity index (χ4n) is 3.82. The summed E-state index contributed by atoms with van der Waals surface area (Å²) in [6.07, 6.45) is 7.33. The van der Waals surface area contributed by atoms with E-state index in [-0.39, 0.29) is 5.66 Å². The molecule has 27 heavy (non-hydrogen) atoms. The van der Waals surface area contributed by atoms with Gasteiger partial charge in [-0.3, -0.25) is 10.6 Å². The van der Waals surface area contributed by atoms with Gasteiger partial charge in [-0.1, -0.05) is 100 Å². The molecule has 0 bridgehead atoms. The van der Waals surface area contributed by atoms with Crippen LogP contribution in [0.3, 0.4) is 0 Å². The normalized spacial score (nSPS) is 14.1. The lowest BCUT2D eigenvalue weighted by Crippen LogP contribution is -2.60. The molecule has 0 aliphatic rings. The molecule has 2 rings (SSSR count). The Hall–Kier alpha value is -1.64. The minimum Gasteiger partial charge on any atom is -0.289 e. The molecule has 2 unspecified atom stereocenters. The second-order valence-corrected chi connectivity index (χ2v) is 7.86. The highest BCUT2D eigenvalue weighted by Gasteiger charge is 2.36. The first kappa shape index (κ1) is 21.7. The Morgan fingerprint density at radius 2 is 1.04 bits per heavy atom. The molecule has 0 aliphatic carbocycles. The molecular weight excluding hydrogens is 328 g/mol. The highest BCUT2D eigenvalue weighted by atomic mass is 15.2. The van der Waals surface area contributed by atoms with Crippen molar-refractivity contribution in [1.82, 2.24) is 10.6 Å². The summed E-state index contributed by atoms with van der Waals surface area (Å²) >= 11 is 0. The molecule has 2 N–H and O–H groups in total. The molecule has 0 fully saturated rings. The highest BCUT2D eigenvalue weighted by Crippen LogP contribution is 2.29. The summed E-state index contributed by atoms with van der Waals surface area (Å²) in [6, 6.07) is 22.6. The third-order valence-corrected chi connectivity index (χ3v) is 5.32. The van der Waals surface area contributed by atoms with Gasteiger partial charge in [0.25, 0.3) is 0 Å². The lowest BCUT2D eigenvalue weighted by molar-refractivity contribution is 0.246.